The van der Waals surface area contributed by atoms with Crippen molar-refractivity contribution in [1.82, 2.24) is 15.1 Å². The van der Waals surface area contributed by atoms with E-state index in [1.807, 2.05) is 25.7 Å². The highest BCUT2D eigenvalue weighted by Crippen LogP contribution is 2.28. The highest BCUT2D eigenvalue weighted by Gasteiger charge is 2.35. The number of carbonyl (C=O) groups is 2. The Morgan fingerprint density at radius 3 is 2.56 bits per heavy atom. The number of likely N-dealkylation sites (tertiary alicyclic amines) is 1. The van der Waals surface area contributed by atoms with Gasteiger partial charge in [-0.15, -0.1) is 0 Å². The van der Waals surface area contributed by atoms with Crippen LogP contribution in [0.4, 0.5) is 4.79 Å². The summed E-state index contributed by atoms with van der Waals surface area (Å²) in [6.07, 6.45) is 4.28. The van der Waals surface area contributed by atoms with Crippen LogP contribution in [0.5, 0.6) is 0 Å². The van der Waals surface area contributed by atoms with Crippen LogP contribution in [0.1, 0.15) is 52.9 Å². The summed E-state index contributed by atoms with van der Waals surface area (Å²) in [7, 11) is 1.76. The molecule has 1 aliphatic carbocycles. The van der Waals surface area contributed by atoms with Gasteiger partial charge in [-0.1, -0.05) is 0 Å². The number of hydrogen-bond acceptors (Lipinski definition) is 4. The number of rotatable bonds is 6. The quantitative estimate of drug-likeness (QED) is 0.537. The van der Waals surface area contributed by atoms with Crippen molar-refractivity contribution in [3.63, 3.8) is 0 Å². The maximum Gasteiger partial charge on any atom is 0.410 e. The molecule has 1 aliphatic heterocycles. The molecular formula is C19H35N5O3. The molecule has 0 bridgehead atoms. The molecule has 154 valence electrons. The van der Waals surface area contributed by atoms with Crippen LogP contribution in [0.15, 0.2) is 4.99 Å². The summed E-state index contributed by atoms with van der Waals surface area (Å²) < 4.78 is 5.53. The van der Waals surface area contributed by atoms with E-state index in [0.717, 1.165) is 44.7 Å². The van der Waals surface area contributed by atoms with Gasteiger partial charge in [-0.3, -0.25) is 9.79 Å². The van der Waals surface area contributed by atoms with Gasteiger partial charge in [-0.2, -0.15) is 0 Å². The average Bonchev–Trinajstić information content (AvgIpc) is 3.37. The molecule has 3 N–H and O–H groups in total. The van der Waals surface area contributed by atoms with Crippen molar-refractivity contribution >= 4 is 18.0 Å². The number of nitrogens with one attached hydrogen (secondary N) is 1. The third-order valence-electron chi connectivity index (χ3n) is 4.77. The van der Waals surface area contributed by atoms with Gasteiger partial charge in [0.25, 0.3) is 0 Å². The Kier molecular flexibility index (Phi) is 7.33. The first-order valence-electron chi connectivity index (χ1n) is 9.93. The van der Waals surface area contributed by atoms with E-state index in [0.29, 0.717) is 25.6 Å². The largest absolute Gasteiger partial charge is 0.444 e. The molecule has 8 heteroatoms. The fourth-order valence-corrected chi connectivity index (χ4v) is 3.46. The van der Waals surface area contributed by atoms with Gasteiger partial charge >= 0.3 is 6.09 Å². The number of nitrogens with zero attached hydrogens (tertiary/aromatic N) is 3. The smallest absolute Gasteiger partial charge is 0.410 e. The molecular weight excluding hydrogens is 346 g/mol. The van der Waals surface area contributed by atoms with Crippen LogP contribution in [0, 0.1) is 5.92 Å². The van der Waals surface area contributed by atoms with Crippen molar-refractivity contribution in [3.8, 4) is 0 Å². The van der Waals surface area contributed by atoms with Crippen LogP contribution in [0.3, 0.4) is 0 Å². The second kappa shape index (κ2) is 9.28. The van der Waals surface area contributed by atoms with Crippen molar-refractivity contribution in [1.29, 1.82) is 0 Å². The number of hydrogen-bond donors (Lipinski definition) is 2. The van der Waals surface area contributed by atoms with Crippen LogP contribution in [0.2, 0.25) is 0 Å². The second-order valence-electron chi connectivity index (χ2n) is 8.50. The molecule has 8 nitrogen and oxygen atoms in total. The number of carbonyl (C=O) groups excluding carboxylic acids is 2. The number of ether oxygens (including phenoxy) is 1. The standard InChI is InChI=1S/C19H35N5O3/c1-19(2,3)27-18(26)24(15-7-8-15)11-9-22-17(21-4)23-10-5-6-14(13-23)12-16(20)25/h14-15H,5-13H2,1-4H3,(H2,20,25)(H,21,22). The number of nitrogens with two attached hydrogens (primary N) is 1. The minimum atomic E-state index is -0.489. The topological polar surface area (TPSA) is 100 Å². The molecule has 2 aliphatic rings. The lowest BCUT2D eigenvalue weighted by molar-refractivity contribution is -0.119. The molecule has 2 fully saturated rings. The molecule has 2 rings (SSSR count). The zero-order valence-electron chi connectivity index (χ0n) is 17.2. The molecule has 0 aromatic rings. The molecule has 1 unspecified atom stereocenters. The van der Waals surface area contributed by atoms with E-state index in [4.69, 9.17) is 10.5 Å². The molecule has 0 radical (unpaired) electrons. The molecule has 2 amide bonds. The predicted octanol–water partition coefficient (Wildman–Crippen LogP) is 1.55. The van der Waals surface area contributed by atoms with Gasteiger partial charge in [-0.05, 0) is 52.4 Å². The lowest BCUT2D eigenvalue weighted by Crippen LogP contribution is -2.49. The van der Waals surface area contributed by atoms with Crippen molar-refractivity contribution in [2.75, 3.05) is 33.2 Å². The summed E-state index contributed by atoms with van der Waals surface area (Å²) in [5, 5.41) is 3.35. The maximum atomic E-state index is 12.4. The van der Waals surface area contributed by atoms with Crippen LogP contribution in [0.25, 0.3) is 0 Å². The maximum absolute atomic E-state index is 12.4. The Bertz CT molecular complexity index is 554. The first-order chi connectivity index (χ1) is 12.7. The zero-order chi connectivity index (χ0) is 20.0. The number of piperidine rings is 1. The average molecular weight is 382 g/mol. The van der Waals surface area contributed by atoms with Crippen LogP contribution in [-0.4, -0.2) is 72.6 Å². The van der Waals surface area contributed by atoms with E-state index in [1.54, 1.807) is 7.05 Å². The van der Waals surface area contributed by atoms with E-state index in [9.17, 15) is 9.59 Å². The van der Waals surface area contributed by atoms with E-state index >= 15 is 0 Å². The van der Waals surface area contributed by atoms with E-state index < -0.39 is 5.60 Å². The Labute approximate surface area is 162 Å². The van der Waals surface area contributed by atoms with Crippen LogP contribution in [-0.2, 0) is 9.53 Å². The van der Waals surface area contributed by atoms with Crippen molar-refractivity contribution < 1.29 is 14.3 Å². The minimum Gasteiger partial charge on any atom is -0.444 e. The SMILES string of the molecule is CN=C(NCCN(C(=O)OC(C)(C)C)C1CC1)N1CCCC(CC(N)=O)C1. The van der Waals surface area contributed by atoms with Crippen molar-refractivity contribution in [2.24, 2.45) is 16.6 Å². The van der Waals surface area contributed by atoms with Gasteiger partial charge < -0.3 is 25.6 Å². The van der Waals surface area contributed by atoms with Gasteiger partial charge in [0.05, 0.1) is 0 Å². The summed E-state index contributed by atoms with van der Waals surface area (Å²) in [6.45, 7) is 8.53. The van der Waals surface area contributed by atoms with Gasteiger partial charge in [-0.25, -0.2) is 4.79 Å². The number of guanidine groups is 1. The monoisotopic (exact) mass is 381 g/mol. The molecule has 0 aromatic carbocycles. The fraction of sp³-hybridized carbons (Fsp3) is 0.842. The van der Waals surface area contributed by atoms with E-state index in [2.05, 4.69) is 15.2 Å². The highest BCUT2D eigenvalue weighted by molar-refractivity contribution is 5.80. The highest BCUT2D eigenvalue weighted by atomic mass is 16.6. The van der Waals surface area contributed by atoms with Crippen LogP contribution >= 0.6 is 0 Å². The normalized spacial score (nSPS) is 21.0. The molecule has 27 heavy (non-hydrogen) atoms. The van der Waals surface area contributed by atoms with E-state index in [-0.39, 0.29) is 17.9 Å². The Balaban J connectivity index is 1.84. The number of primary amides is 1. The van der Waals surface area contributed by atoms with Gasteiger partial charge in [0, 0.05) is 45.7 Å². The van der Waals surface area contributed by atoms with Crippen LogP contribution < -0.4 is 11.1 Å². The summed E-state index contributed by atoms with van der Waals surface area (Å²) in [5.74, 6) is 0.839. The molecule has 1 saturated carbocycles. The molecule has 1 heterocycles. The Morgan fingerprint density at radius 2 is 2.00 bits per heavy atom. The third-order valence-corrected chi connectivity index (χ3v) is 4.77. The van der Waals surface area contributed by atoms with Crippen molar-refractivity contribution in [2.45, 2.75) is 64.5 Å². The number of amides is 2. The second-order valence-corrected chi connectivity index (χ2v) is 8.50. The first kappa shape index (κ1) is 21.3. The van der Waals surface area contributed by atoms with Gasteiger partial charge in [0.15, 0.2) is 5.96 Å². The Morgan fingerprint density at radius 1 is 1.30 bits per heavy atom. The molecule has 0 aromatic heterocycles. The zero-order valence-corrected chi connectivity index (χ0v) is 17.2. The fourth-order valence-electron chi connectivity index (χ4n) is 3.46. The summed E-state index contributed by atoms with van der Waals surface area (Å²) >= 11 is 0. The molecule has 0 spiro atoms. The predicted molar refractivity (Wildman–Crippen MR) is 105 cm³/mol. The minimum absolute atomic E-state index is 0.248. The summed E-state index contributed by atoms with van der Waals surface area (Å²) in [5.41, 5.74) is 4.86. The van der Waals surface area contributed by atoms with Gasteiger partial charge in [0.1, 0.15) is 5.60 Å². The number of aliphatic imine (C=N–C) groups is 1. The molecule has 1 saturated heterocycles. The molecule has 1 atom stereocenters. The third kappa shape index (κ3) is 7.27. The Hall–Kier alpha value is -1.99. The van der Waals surface area contributed by atoms with E-state index in [1.165, 1.54) is 0 Å². The summed E-state index contributed by atoms with van der Waals surface area (Å²) in [6, 6.07) is 0.290. The first-order valence-corrected chi connectivity index (χ1v) is 9.93. The lowest BCUT2D eigenvalue weighted by atomic mass is 9.95. The van der Waals surface area contributed by atoms with Crippen molar-refractivity contribution in [3.05, 3.63) is 0 Å². The summed E-state index contributed by atoms with van der Waals surface area (Å²) in [4.78, 5) is 32.0. The van der Waals surface area contributed by atoms with Gasteiger partial charge in [0.2, 0.25) is 5.91 Å². The lowest BCUT2D eigenvalue weighted by Gasteiger charge is -2.35.